The van der Waals surface area contributed by atoms with Gasteiger partial charge in [-0.2, -0.15) is 0 Å². The lowest BCUT2D eigenvalue weighted by atomic mass is 10.5. The predicted molar refractivity (Wildman–Crippen MR) is 67.6 cm³/mol. The summed E-state index contributed by atoms with van der Waals surface area (Å²) in [5.41, 5.74) is 0. The molecule has 3 heterocycles. The molecule has 17 heavy (non-hydrogen) atoms. The Labute approximate surface area is 103 Å². The van der Waals surface area contributed by atoms with Gasteiger partial charge in [-0.3, -0.25) is 0 Å². The van der Waals surface area contributed by atoms with Crippen molar-refractivity contribution in [1.82, 2.24) is 0 Å². The van der Waals surface area contributed by atoms with E-state index in [4.69, 9.17) is 14.2 Å². The quantitative estimate of drug-likeness (QED) is 0.721. The average molecular weight is 250 g/mol. The lowest BCUT2D eigenvalue weighted by Crippen LogP contribution is -2.40. The maximum atomic E-state index is 5.82. The standard InChI is InChI=1S/C13H18O3Si/c1-17(11-5-2-8-14-11,12-6-3-9-15-12)13-7-4-10-16-13/h5-7H,2-4,8-10H2,1H3. The second kappa shape index (κ2) is 4.26. The molecule has 0 aliphatic carbocycles. The highest BCUT2D eigenvalue weighted by molar-refractivity contribution is 6.96. The largest absolute Gasteiger partial charge is 0.502 e. The molecular formula is C13H18O3Si. The molecule has 0 atom stereocenters. The lowest BCUT2D eigenvalue weighted by molar-refractivity contribution is 0.233. The zero-order chi connectivity index (χ0) is 11.7. The summed E-state index contributed by atoms with van der Waals surface area (Å²) in [6, 6.07) is 0. The first-order valence-electron chi connectivity index (χ1n) is 6.32. The van der Waals surface area contributed by atoms with Crippen LogP contribution in [0.5, 0.6) is 0 Å². The zero-order valence-corrected chi connectivity index (χ0v) is 11.2. The summed E-state index contributed by atoms with van der Waals surface area (Å²) in [6.07, 6.45) is 9.70. The van der Waals surface area contributed by atoms with Crippen LogP contribution in [-0.2, 0) is 14.2 Å². The molecule has 0 aromatic rings. The lowest BCUT2D eigenvalue weighted by Gasteiger charge is -2.29. The Morgan fingerprint density at radius 2 is 1.12 bits per heavy atom. The molecule has 0 amide bonds. The first-order chi connectivity index (χ1) is 8.32. The summed E-state index contributed by atoms with van der Waals surface area (Å²) in [5, 5.41) is 3.37. The van der Waals surface area contributed by atoms with Crippen molar-refractivity contribution in [3.05, 3.63) is 34.4 Å². The van der Waals surface area contributed by atoms with Crippen molar-refractivity contribution in [2.45, 2.75) is 25.8 Å². The van der Waals surface area contributed by atoms with Gasteiger partial charge >= 0.3 is 0 Å². The molecular weight excluding hydrogens is 232 g/mol. The van der Waals surface area contributed by atoms with Crippen molar-refractivity contribution in [3.63, 3.8) is 0 Å². The van der Waals surface area contributed by atoms with Gasteiger partial charge in [-0.25, -0.2) is 0 Å². The Kier molecular flexibility index (Phi) is 2.74. The van der Waals surface area contributed by atoms with Crippen LogP contribution in [0, 0.1) is 0 Å². The van der Waals surface area contributed by atoms with E-state index in [-0.39, 0.29) is 0 Å². The molecule has 0 bridgehead atoms. The topological polar surface area (TPSA) is 27.7 Å². The Hall–Kier alpha value is -1.16. The van der Waals surface area contributed by atoms with Gasteiger partial charge in [0.25, 0.3) is 8.07 Å². The number of hydrogen-bond acceptors (Lipinski definition) is 3. The molecule has 0 N–H and O–H groups in total. The average Bonchev–Trinajstić information content (AvgIpc) is 3.10. The third-order valence-corrected chi connectivity index (χ3v) is 7.60. The first-order valence-corrected chi connectivity index (χ1v) is 8.82. The second-order valence-corrected chi connectivity index (χ2v) is 8.47. The summed E-state index contributed by atoms with van der Waals surface area (Å²) in [4.78, 5) is 0. The molecule has 3 aliphatic rings. The number of rotatable bonds is 3. The fourth-order valence-corrected chi connectivity index (χ4v) is 6.22. The SMILES string of the molecule is C[Si](C1=CCCO1)(C1=CCCO1)C1=CCCO1. The molecule has 0 saturated carbocycles. The normalized spacial score (nSPS) is 23.5. The van der Waals surface area contributed by atoms with Crippen molar-refractivity contribution < 1.29 is 14.2 Å². The van der Waals surface area contributed by atoms with Gasteiger partial charge in [-0.1, -0.05) is 0 Å². The van der Waals surface area contributed by atoms with Crippen molar-refractivity contribution in [2.24, 2.45) is 0 Å². The molecule has 3 nitrogen and oxygen atoms in total. The smallest absolute Gasteiger partial charge is 0.270 e. The Balaban J connectivity index is 1.99. The van der Waals surface area contributed by atoms with Crippen LogP contribution >= 0.6 is 0 Å². The predicted octanol–water partition coefficient (Wildman–Crippen LogP) is 2.60. The number of ether oxygens (including phenoxy) is 3. The van der Waals surface area contributed by atoms with Crippen molar-refractivity contribution in [3.8, 4) is 0 Å². The Bertz CT molecular complexity index is 349. The molecule has 0 spiro atoms. The minimum absolute atomic E-state index is 0.804. The van der Waals surface area contributed by atoms with Gasteiger partial charge in [-0.05, 0) is 24.8 Å². The van der Waals surface area contributed by atoms with E-state index in [1.807, 2.05) is 0 Å². The van der Waals surface area contributed by atoms with E-state index in [1.54, 1.807) is 0 Å². The summed E-state index contributed by atoms with van der Waals surface area (Å²) in [6.45, 7) is 4.69. The maximum Gasteiger partial charge on any atom is 0.270 e. The minimum Gasteiger partial charge on any atom is -0.502 e. The van der Waals surface area contributed by atoms with Crippen molar-refractivity contribution in [1.29, 1.82) is 0 Å². The van der Waals surface area contributed by atoms with E-state index in [9.17, 15) is 0 Å². The molecule has 0 aromatic heterocycles. The second-order valence-electron chi connectivity index (χ2n) is 4.74. The van der Waals surface area contributed by atoms with E-state index in [0.717, 1.165) is 55.2 Å². The molecule has 0 saturated heterocycles. The highest BCUT2D eigenvalue weighted by Crippen LogP contribution is 2.38. The fraction of sp³-hybridized carbons (Fsp3) is 0.538. The maximum absolute atomic E-state index is 5.82. The van der Waals surface area contributed by atoms with Gasteiger partial charge in [0.1, 0.15) is 0 Å². The molecule has 4 heteroatoms. The van der Waals surface area contributed by atoms with Crippen molar-refractivity contribution in [2.75, 3.05) is 19.8 Å². The van der Waals surface area contributed by atoms with E-state index in [1.165, 1.54) is 0 Å². The number of hydrogen-bond donors (Lipinski definition) is 0. The van der Waals surface area contributed by atoms with Crippen LogP contribution in [0.1, 0.15) is 19.3 Å². The molecule has 92 valence electrons. The van der Waals surface area contributed by atoms with E-state index < -0.39 is 8.07 Å². The third-order valence-electron chi connectivity index (χ3n) is 3.59. The van der Waals surface area contributed by atoms with Gasteiger partial charge in [-0.15, -0.1) is 0 Å². The van der Waals surface area contributed by atoms with E-state index >= 15 is 0 Å². The summed E-state index contributed by atoms with van der Waals surface area (Å²) >= 11 is 0. The van der Waals surface area contributed by atoms with Crippen LogP contribution in [-0.4, -0.2) is 27.9 Å². The Morgan fingerprint density at radius 3 is 1.35 bits per heavy atom. The molecule has 3 aliphatic heterocycles. The highest BCUT2D eigenvalue weighted by Gasteiger charge is 2.48. The van der Waals surface area contributed by atoms with Gasteiger partial charge < -0.3 is 14.2 Å². The van der Waals surface area contributed by atoms with Crippen LogP contribution in [0.25, 0.3) is 0 Å². The molecule has 0 aromatic carbocycles. The van der Waals surface area contributed by atoms with Crippen LogP contribution in [0.2, 0.25) is 6.55 Å². The van der Waals surface area contributed by atoms with E-state index in [2.05, 4.69) is 24.8 Å². The zero-order valence-electron chi connectivity index (χ0n) is 10.2. The summed E-state index contributed by atoms with van der Waals surface area (Å²) in [5.74, 6) is 0. The molecule has 0 fully saturated rings. The van der Waals surface area contributed by atoms with Gasteiger partial charge in [0, 0.05) is 19.3 Å². The van der Waals surface area contributed by atoms with Crippen LogP contribution in [0.4, 0.5) is 0 Å². The van der Waals surface area contributed by atoms with Gasteiger partial charge in [0.15, 0.2) is 0 Å². The highest BCUT2D eigenvalue weighted by atomic mass is 28.3. The molecule has 0 radical (unpaired) electrons. The van der Waals surface area contributed by atoms with Gasteiger partial charge in [0.2, 0.25) is 0 Å². The van der Waals surface area contributed by atoms with Crippen LogP contribution in [0.15, 0.2) is 34.4 Å². The Morgan fingerprint density at radius 1 is 0.765 bits per heavy atom. The van der Waals surface area contributed by atoms with Crippen molar-refractivity contribution >= 4 is 8.07 Å². The monoisotopic (exact) mass is 250 g/mol. The fourth-order valence-electron chi connectivity index (χ4n) is 2.66. The van der Waals surface area contributed by atoms with E-state index in [0.29, 0.717) is 0 Å². The third kappa shape index (κ3) is 1.71. The molecule has 0 unspecified atom stereocenters. The first kappa shape index (κ1) is 11.0. The van der Waals surface area contributed by atoms with Crippen LogP contribution < -0.4 is 0 Å². The molecule has 3 rings (SSSR count). The minimum atomic E-state index is -2.03. The summed E-state index contributed by atoms with van der Waals surface area (Å²) < 4.78 is 17.5. The van der Waals surface area contributed by atoms with Crippen LogP contribution in [0.3, 0.4) is 0 Å². The summed E-state index contributed by atoms with van der Waals surface area (Å²) in [7, 11) is -2.03. The van der Waals surface area contributed by atoms with Gasteiger partial charge in [0.05, 0.1) is 36.0 Å².